The highest BCUT2D eigenvalue weighted by atomic mass is 32.1. The third-order valence-electron chi connectivity index (χ3n) is 3.09. The highest BCUT2D eigenvalue weighted by Gasteiger charge is 2.10. The smallest absolute Gasteiger partial charge is 0.265 e. The first kappa shape index (κ1) is 12.8. The van der Waals surface area contributed by atoms with E-state index in [1.807, 2.05) is 55.6 Å². The Morgan fingerprint density at radius 2 is 2.05 bits per heavy atom. The van der Waals surface area contributed by atoms with E-state index < -0.39 is 0 Å². The van der Waals surface area contributed by atoms with Crippen LogP contribution in [0.5, 0.6) is 0 Å². The minimum atomic E-state index is -0.0755. The Balaban J connectivity index is 2.06. The van der Waals surface area contributed by atoms with Crippen LogP contribution in [0.3, 0.4) is 0 Å². The van der Waals surface area contributed by atoms with Crippen LogP contribution in [0.1, 0.15) is 20.9 Å². The van der Waals surface area contributed by atoms with Gasteiger partial charge in [-0.1, -0.05) is 17.7 Å². The summed E-state index contributed by atoms with van der Waals surface area (Å²) in [4.78, 5) is 17.4. The zero-order valence-electron chi connectivity index (χ0n) is 11.3. The summed E-state index contributed by atoms with van der Waals surface area (Å²) < 4.78 is 0. The monoisotopic (exact) mass is 282 g/mol. The maximum absolute atomic E-state index is 12.2. The van der Waals surface area contributed by atoms with Crippen molar-refractivity contribution in [2.24, 2.45) is 0 Å². The molecule has 0 aliphatic rings. The second-order valence-corrected chi connectivity index (χ2v) is 5.71. The fourth-order valence-electron chi connectivity index (χ4n) is 2.17. The minimum Gasteiger partial charge on any atom is -0.321 e. The average Bonchev–Trinajstić information content (AvgIpc) is 2.93. The lowest BCUT2D eigenvalue weighted by atomic mass is 10.1. The number of fused-ring (bicyclic) bond motifs is 1. The van der Waals surface area contributed by atoms with E-state index in [1.165, 1.54) is 11.3 Å². The quantitative estimate of drug-likeness (QED) is 0.766. The van der Waals surface area contributed by atoms with Crippen molar-refractivity contribution < 1.29 is 4.79 Å². The standard InChI is InChI=1S/C16H14N2OS/c1-10-5-6-13-12(8-10)14(9-11(2)17-13)18-16(19)15-4-3-7-20-15/h3-9H,1-2H3,(H,17,18,19). The molecule has 0 saturated carbocycles. The van der Waals surface area contributed by atoms with Gasteiger partial charge in [0.25, 0.3) is 5.91 Å². The summed E-state index contributed by atoms with van der Waals surface area (Å²) >= 11 is 1.44. The zero-order chi connectivity index (χ0) is 14.1. The predicted octanol–water partition coefficient (Wildman–Crippen LogP) is 4.17. The summed E-state index contributed by atoms with van der Waals surface area (Å²) in [7, 11) is 0. The lowest BCUT2D eigenvalue weighted by Crippen LogP contribution is -2.11. The molecule has 3 rings (SSSR count). The maximum Gasteiger partial charge on any atom is 0.265 e. The van der Waals surface area contributed by atoms with Gasteiger partial charge in [0, 0.05) is 11.1 Å². The summed E-state index contributed by atoms with van der Waals surface area (Å²) in [5.74, 6) is -0.0755. The molecule has 0 aliphatic heterocycles. The maximum atomic E-state index is 12.2. The molecule has 0 saturated heterocycles. The number of benzene rings is 1. The molecule has 1 aromatic carbocycles. The van der Waals surface area contributed by atoms with Gasteiger partial charge in [0.1, 0.15) is 0 Å². The van der Waals surface area contributed by atoms with Crippen molar-refractivity contribution in [3.05, 3.63) is 57.9 Å². The molecule has 20 heavy (non-hydrogen) atoms. The number of nitrogens with zero attached hydrogens (tertiary/aromatic N) is 1. The Hall–Kier alpha value is -2.20. The van der Waals surface area contributed by atoms with Gasteiger partial charge in [0.2, 0.25) is 0 Å². The molecule has 0 fully saturated rings. The fourth-order valence-corrected chi connectivity index (χ4v) is 2.79. The lowest BCUT2D eigenvalue weighted by molar-refractivity contribution is 0.103. The van der Waals surface area contributed by atoms with E-state index >= 15 is 0 Å². The largest absolute Gasteiger partial charge is 0.321 e. The fraction of sp³-hybridized carbons (Fsp3) is 0.125. The van der Waals surface area contributed by atoms with Crippen molar-refractivity contribution in [2.45, 2.75) is 13.8 Å². The first-order chi connectivity index (χ1) is 9.63. The van der Waals surface area contributed by atoms with Gasteiger partial charge in [-0.3, -0.25) is 9.78 Å². The van der Waals surface area contributed by atoms with Crippen LogP contribution in [-0.2, 0) is 0 Å². The summed E-state index contributed by atoms with van der Waals surface area (Å²) in [6, 6.07) is 11.7. The first-order valence-corrected chi connectivity index (χ1v) is 7.24. The molecular weight excluding hydrogens is 268 g/mol. The van der Waals surface area contributed by atoms with Gasteiger partial charge < -0.3 is 5.32 Å². The Morgan fingerprint density at radius 1 is 1.20 bits per heavy atom. The number of pyridine rings is 1. The van der Waals surface area contributed by atoms with E-state index in [2.05, 4.69) is 10.3 Å². The molecule has 3 nitrogen and oxygen atoms in total. The van der Waals surface area contributed by atoms with Crippen LogP contribution >= 0.6 is 11.3 Å². The van der Waals surface area contributed by atoms with Crippen LogP contribution in [-0.4, -0.2) is 10.9 Å². The molecule has 0 aliphatic carbocycles. The number of nitrogens with one attached hydrogen (secondary N) is 1. The average molecular weight is 282 g/mol. The van der Waals surface area contributed by atoms with Crippen LogP contribution in [0.2, 0.25) is 0 Å². The van der Waals surface area contributed by atoms with Crippen molar-refractivity contribution >= 4 is 33.8 Å². The molecule has 0 atom stereocenters. The predicted molar refractivity (Wildman–Crippen MR) is 83.5 cm³/mol. The molecule has 1 amide bonds. The van der Waals surface area contributed by atoms with Crippen molar-refractivity contribution in [3.8, 4) is 0 Å². The Bertz CT molecular complexity index is 779. The Kier molecular flexibility index (Phi) is 3.24. The molecule has 2 aromatic heterocycles. The number of hydrogen-bond acceptors (Lipinski definition) is 3. The van der Waals surface area contributed by atoms with Crippen LogP contribution in [0.15, 0.2) is 41.8 Å². The van der Waals surface area contributed by atoms with Gasteiger partial charge in [0.05, 0.1) is 16.1 Å². The van der Waals surface area contributed by atoms with Crippen molar-refractivity contribution in [1.82, 2.24) is 4.98 Å². The van der Waals surface area contributed by atoms with Crippen LogP contribution in [0, 0.1) is 13.8 Å². The molecule has 4 heteroatoms. The highest BCUT2D eigenvalue weighted by Crippen LogP contribution is 2.25. The van der Waals surface area contributed by atoms with Crippen LogP contribution in [0.25, 0.3) is 10.9 Å². The number of thiophene rings is 1. The third kappa shape index (κ3) is 2.42. The van der Waals surface area contributed by atoms with Crippen LogP contribution in [0.4, 0.5) is 5.69 Å². The minimum absolute atomic E-state index is 0.0755. The van der Waals surface area contributed by atoms with Crippen molar-refractivity contribution in [2.75, 3.05) is 5.32 Å². The Labute approximate surface area is 121 Å². The van der Waals surface area contributed by atoms with Gasteiger partial charge in [-0.05, 0) is 43.5 Å². The first-order valence-electron chi connectivity index (χ1n) is 6.36. The Morgan fingerprint density at radius 3 is 2.80 bits per heavy atom. The van der Waals surface area contributed by atoms with E-state index in [0.717, 1.165) is 27.8 Å². The van der Waals surface area contributed by atoms with E-state index in [9.17, 15) is 4.79 Å². The normalized spacial score (nSPS) is 10.7. The van der Waals surface area contributed by atoms with Gasteiger partial charge in [0.15, 0.2) is 0 Å². The van der Waals surface area contributed by atoms with Crippen molar-refractivity contribution in [1.29, 1.82) is 0 Å². The summed E-state index contributed by atoms with van der Waals surface area (Å²) in [5.41, 5.74) is 3.75. The van der Waals surface area contributed by atoms with Gasteiger partial charge in [-0.15, -0.1) is 11.3 Å². The van der Waals surface area contributed by atoms with Crippen molar-refractivity contribution in [3.63, 3.8) is 0 Å². The number of carbonyl (C=O) groups is 1. The third-order valence-corrected chi connectivity index (χ3v) is 3.95. The number of carbonyl (C=O) groups excluding carboxylic acids is 1. The molecule has 0 radical (unpaired) electrons. The number of amides is 1. The van der Waals surface area contributed by atoms with E-state index in [1.54, 1.807) is 0 Å². The van der Waals surface area contributed by atoms with Gasteiger partial charge in [-0.25, -0.2) is 0 Å². The number of rotatable bonds is 2. The second-order valence-electron chi connectivity index (χ2n) is 4.76. The number of anilines is 1. The van der Waals surface area contributed by atoms with Gasteiger partial charge in [-0.2, -0.15) is 0 Å². The lowest BCUT2D eigenvalue weighted by Gasteiger charge is -2.09. The van der Waals surface area contributed by atoms with Gasteiger partial charge >= 0.3 is 0 Å². The summed E-state index contributed by atoms with van der Waals surface area (Å²) in [6.07, 6.45) is 0. The molecule has 2 heterocycles. The summed E-state index contributed by atoms with van der Waals surface area (Å²) in [5, 5.41) is 5.86. The van der Waals surface area contributed by atoms with E-state index in [4.69, 9.17) is 0 Å². The number of hydrogen-bond donors (Lipinski definition) is 1. The van der Waals surface area contributed by atoms with E-state index in [-0.39, 0.29) is 5.91 Å². The highest BCUT2D eigenvalue weighted by molar-refractivity contribution is 7.12. The molecular formula is C16H14N2OS. The second kappa shape index (κ2) is 5.06. The molecule has 0 spiro atoms. The summed E-state index contributed by atoms with van der Waals surface area (Å²) in [6.45, 7) is 3.96. The van der Waals surface area contributed by atoms with E-state index in [0.29, 0.717) is 4.88 Å². The number of aromatic nitrogens is 1. The molecule has 3 aromatic rings. The number of aryl methyl sites for hydroxylation is 2. The molecule has 0 bridgehead atoms. The molecule has 100 valence electrons. The molecule has 1 N–H and O–H groups in total. The SMILES string of the molecule is Cc1ccc2nc(C)cc(NC(=O)c3cccs3)c2c1. The zero-order valence-corrected chi connectivity index (χ0v) is 12.1. The molecule has 0 unspecified atom stereocenters. The topological polar surface area (TPSA) is 42.0 Å². The van der Waals surface area contributed by atoms with Crippen LogP contribution < -0.4 is 5.32 Å².